The highest BCUT2D eigenvalue weighted by atomic mass is 16.6. The molecule has 1 amide bonds. The van der Waals surface area contributed by atoms with Crippen LogP contribution in [0.4, 0.5) is 0 Å². The lowest BCUT2D eigenvalue weighted by Gasteiger charge is -2.44. The van der Waals surface area contributed by atoms with E-state index in [0.29, 0.717) is 6.47 Å². The van der Waals surface area contributed by atoms with Gasteiger partial charge in [0.2, 0.25) is 5.91 Å². The molecule has 2 N–H and O–H groups in total. The van der Waals surface area contributed by atoms with Crippen LogP contribution in [0.2, 0.25) is 0 Å². The van der Waals surface area contributed by atoms with Gasteiger partial charge in [0.15, 0.2) is 0 Å². The van der Waals surface area contributed by atoms with Crippen molar-refractivity contribution < 1.29 is 24.2 Å². The van der Waals surface area contributed by atoms with Gasteiger partial charge in [-0.25, -0.2) is 0 Å². The molecule has 0 aromatic carbocycles. The number of ether oxygens (including phenoxy) is 2. The van der Waals surface area contributed by atoms with Gasteiger partial charge in [0.25, 0.3) is 6.47 Å². The minimum absolute atomic E-state index is 0.0714. The minimum Gasteiger partial charge on any atom is -0.465 e. The molecule has 3 unspecified atom stereocenters. The Morgan fingerprint density at radius 1 is 1.39 bits per heavy atom. The molecule has 18 heavy (non-hydrogen) atoms. The van der Waals surface area contributed by atoms with E-state index in [1.165, 1.54) is 6.92 Å². The predicted molar refractivity (Wildman–Crippen MR) is 63.7 cm³/mol. The molecular weight excluding hydrogens is 238 g/mol. The fourth-order valence-corrected chi connectivity index (χ4v) is 2.38. The number of hydrogen-bond acceptors (Lipinski definition) is 5. The monoisotopic (exact) mass is 259 g/mol. The van der Waals surface area contributed by atoms with Gasteiger partial charge in [-0.2, -0.15) is 0 Å². The first-order valence-corrected chi connectivity index (χ1v) is 6.10. The van der Waals surface area contributed by atoms with E-state index < -0.39 is 6.10 Å². The van der Waals surface area contributed by atoms with Crippen LogP contribution in [0.25, 0.3) is 0 Å². The summed E-state index contributed by atoms with van der Waals surface area (Å²) in [6.07, 6.45) is -0.729. The molecule has 0 aromatic heterocycles. The summed E-state index contributed by atoms with van der Waals surface area (Å²) in [7, 11) is 0. The zero-order chi connectivity index (χ0) is 13.7. The van der Waals surface area contributed by atoms with Gasteiger partial charge in [0.05, 0.1) is 18.8 Å². The van der Waals surface area contributed by atoms with Crippen molar-refractivity contribution >= 4 is 12.4 Å². The third-order valence-electron chi connectivity index (χ3n) is 3.61. The molecule has 1 heterocycles. The fraction of sp³-hybridized carbons (Fsp3) is 0.833. The van der Waals surface area contributed by atoms with Gasteiger partial charge in [0, 0.05) is 6.92 Å². The summed E-state index contributed by atoms with van der Waals surface area (Å²) >= 11 is 0. The smallest absolute Gasteiger partial charge is 0.293 e. The van der Waals surface area contributed by atoms with Crippen LogP contribution in [0.1, 0.15) is 20.8 Å². The SMILES string of the molecule is CC(=O)NC1C(C)C(C)[C@@H](CO)O[C@H]1COC=O. The summed E-state index contributed by atoms with van der Waals surface area (Å²) in [4.78, 5) is 21.5. The number of aliphatic hydroxyl groups is 1. The topological polar surface area (TPSA) is 84.9 Å². The molecule has 6 heteroatoms. The van der Waals surface area contributed by atoms with Crippen LogP contribution < -0.4 is 5.32 Å². The Balaban J connectivity index is 2.79. The number of rotatable bonds is 5. The summed E-state index contributed by atoms with van der Waals surface area (Å²) in [5.41, 5.74) is 0. The molecule has 104 valence electrons. The van der Waals surface area contributed by atoms with Crippen LogP contribution >= 0.6 is 0 Å². The summed E-state index contributed by atoms with van der Waals surface area (Å²) in [6, 6.07) is -0.222. The van der Waals surface area contributed by atoms with E-state index in [-0.39, 0.29) is 43.1 Å². The minimum atomic E-state index is -0.428. The average molecular weight is 259 g/mol. The van der Waals surface area contributed by atoms with Crippen LogP contribution in [-0.2, 0) is 19.1 Å². The second kappa shape index (κ2) is 6.70. The second-order valence-corrected chi connectivity index (χ2v) is 4.77. The first-order chi connectivity index (χ1) is 8.51. The molecule has 0 aromatic rings. The molecule has 1 aliphatic heterocycles. The average Bonchev–Trinajstić information content (AvgIpc) is 2.33. The molecule has 0 bridgehead atoms. The van der Waals surface area contributed by atoms with Crippen molar-refractivity contribution in [2.75, 3.05) is 13.2 Å². The summed E-state index contributed by atoms with van der Waals surface area (Å²) in [5.74, 6) is 0.0839. The number of carbonyl (C=O) groups excluding carboxylic acids is 2. The zero-order valence-corrected chi connectivity index (χ0v) is 11.0. The molecule has 5 atom stereocenters. The highest BCUT2D eigenvalue weighted by Crippen LogP contribution is 2.30. The molecule has 6 nitrogen and oxygen atoms in total. The van der Waals surface area contributed by atoms with Crippen molar-refractivity contribution in [3.05, 3.63) is 0 Å². The second-order valence-electron chi connectivity index (χ2n) is 4.77. The predicted octanol–water partition coefficient (Wildman–Crippen LogP) is -0.304. The van der Waals surface area contributed by atoms with Crippen molar-refractivity contribution in [3.8, 4) is 0 Å². The Kier molecular flexibility index (Phi) is 5.55. The number of carbonyl (C=O) groups is 2. The molecule has 1 saturated heterocycles. The molecular formula is C12H21NO5. The van der Waals surface area contributed by atoms with E-state index in [2.05, 4.69) is 5.32 Å². The van der Waals surface area contributed by atoms with Crippen LogP contribution in [0.5, 0.6) is 0 Å². The van der Waals surface area contributed by atoms with Gasteiger partial charge < -0.3 is 19.9 Å². The standard InChI is InChI=1S/C12H21NO5/c1-7-8(2)12(13-9(3)16)11(5-17-6-15)18-10(7)4-14/h6-8,10-12,14H,4-5H2,1-3H3,(H,13,16)/t7?,8?,10-,11+,12?/m1/s1. The van der Waals surface area contributed by atoms with Crippen molar-refractivity contribution in [1.29, 1.82) is 0 Å². The third-order valence-corrected chi connectivity index (χ3v) is 3.61. The summed E-state index contributed by atoms with van der Waals surface area (Å²) in [6.45, 7) is 5.73. The van der Waals surface area contributed by atoms with E-state index in [1.54, 1.807) is 0 Å². The molecule has 0 aliphatic carbocycles. The Morgan fingerprint density at radius 2 is 2.06 bits per heavy atom. The normalized spacial score (nSPS) is 35.9. The first kappa shape index (κ1) is 14.9. The quantitative estimate of drug-likeness (QED) is 0.662. The first-order valence-electron chi connectivity index (χ1n) is 6.10. The van der Waals surface area contributed by atoms with E-state index in [9.17, 15) is 14.7 Å². The molecule has 0 spiro atoms. The molecule has 1 rings (SSSR count). The Labute approximate surface area is 107 Å². The number of amides is 1. The zero-order valence-electron chi connectivity index (χ0n) is 11.0. The third kappa shape index (κ3) is 3.43. The lowest BCUT2D eigenvalue weighted by Crippen LogP contribution is -2.58. The van der Waals surface area contributed by atoms with Crippen molar-refractivity contribution in [1.82, 2.24) is 5.32 Å². The van der Waals surface area contributed by atoms with Crippen LogP contribution in [0.3, 0.4) is 0 Å². The van der Waals surface area contributed by atoms with E-state index >= 15 is 0 Å². The van der Waals surface area contributed by atoms with Crippen molar-refractivity contribution in [2.24, 2.45) is 11.8 Å². The lowest BCUT2D eigenvalue weighted by atomic mass is 9.80. The van der Waals surface area contributed by atoms with Crippen molar-refractivity contribution in [2.45, 2.75) is 39.0 Å². The van der Waals surface area contributed by atoms with Crippen LogP contribution in [-0.4, -0.2) is 48.9 Å². The van der Waals surface area contributed by atoms with E-state index in [4.69, 9.17) is 9.47 Å². The molecule has 1 fully saturated rings. The van der Waals surface area contributed by atoms with Gasteiger partial charge >= 0.3 is 0 Å². The Bertz CT molecular complexity index is 296. The van der Waals surface area contributed by atoms with Gasteiger partial charge in [-0.05, 0) is 11.8 Å². The van der Waals surface area contributed by atoms with E-state index in [0.717, 1.165) is 0 Å². The fourth-order valence-electron chi connectivity index (χ4n) is 2.38. The lowest BCUT2D eigenvalue weighted by molar-refractivity contribution is -0.164. The van der Waals surface area contributed by atoms with E-state index in [1.807, 2.05) is 13.8 Å². The van der Waals surface area contributed by atoms with Gasteiger partial charge in [0.1, 0.15) is 12.7 Å². The Hall–Kier alpha value is -1.14. The highest BCUT2D eigenvalue weighted by molar-refractivity contribution is 5.73. The Morgan fingerprint density at radius 3 is 2.56 bits per heavy atom. The number of nitrogens with one attached hydrogen (secondary N) is 1. The van der Waals surface area contributed by atoms with Crippen LogP contribution in [0, 0.1) is 11.8 Å². The van der Waals surface area contributed by atoms with Crippen LogP contribution in [0.15, 0.2) is 0 Å². The maximum Gasteiger partial charge on any atom is 0.293 e. The summed E-state index contributed by atoms with van der Waals surface area (Å²) in [5, 5.41) is 12.1. The van der Waals surface area contributed by atoms with Gasteiger partial charge in [-0.3, -0.25) is 9.59 Å². The maximum atomic E-state index is 11.2. The largest absolute Gasteiger partial charge is 0.465 e. The maximum absolute atomic E-state index is 11.2. The van der Waals surface area contributed by atoms with Crippen molar-refractivity contribution in [3.63, 3.8) is 0 Å². The highest BCUT2D eigenvalue weighted by Gasteiger charge is 2.41. The molecule has 0 saturated carbocycles. The number of aliphatic hydroxyl groups excluding tert-OH is 1. The van der Waals surface area contributed by atoms with Gasteiger partial charge in [-0.1, -0.05) is 13.8 Å². The summed E-state index contributed by atoms with van der Waals surface area (Å²) < 4.78 is 10.4. The number of hydrogen-bond donors (Lipinski definition) is 2. The van der Waals surface area contributed by atoms with Gasteiger partial charge in [-0.15, -0.1) is 0 Å². The molecule has 0 radical (unpaired) electrons. The molecule has 1 aliphatic rings.